The zero-order chi connectivity index (χ0) is 19.5. The largest absolute Gasteiger partial charge is 0.368 e. The molecule has 0 aliphatic carbocycles. The van der Waals surface area contributed by atoms with Crippen LogP contribution in [0.1, 0.15) is 10.5 Å². The van der Waals surface area contributed by atoms with Gasteiger partial charge in [-0.25, -0.2) is 0 Å². The summed E-state index contributed by atoms with van der Waals surface area (Å²) < 4.78 is 0. The topological polar surface area (TPSA) is 42.9 Å². The number of anilines is 2. The number of halogens is 1. The van der Waals surface area contributed by atoms with Crippen LogP contribution in [0.25, 0.3) is 0 Å². The lowest BCUT2D eigenvalue weighted by atomic mass is 10.2. The van der Waals surface area contributed by atoms with E-state index in [9.17, 15) is 4.79 Å². The Morgan fingerprint density at radius 2 is 1.54 bits per heavy atom. The molecule has 0 spiro atoms. The molecule has 6 nitrogen and oxygen atoms in total. The summed E-state index contributed by atoms with van der Waals surface area (Å²) in [4.78, 5) is 26.0. The molecule has 3 heterocycles. The van der Waals surface area contributed by atoms with Crippen molar-refractivity contribution in [1.29, 1.82) is 0 Å². The van der Waals surface area contributed by atoms with Crippen LogP contribution >= 0.6 is 11.6 Å². The van der Waals surface area contributed by atoms with E-state index in [1.54, 1.807) is 6.20 Å². The van der Waals surface area contributed by atoms with Crippen LogP contribution in [0.5, 0.6) is 0 Å². The first-order valence-corrected chi connectivity index (χ1v) is 10.2. The average molecular weight is 400 g/mol. The Morgan fingerprint density at radius 3 is 2.18 bits per heavy atom. The van der Waals surface area contributed by atoms with E-state index in [1.807, 2.05) is 35.2 Å². The Morgan fingerprint density at radius 1 is 0.893 bits per heavy atom. The minimum absolute atomic E-state index is 0.0347. The van der Waals surface area contributed by atoms with Crippen molar-refractivity contribution in [3.8, 4) is 0 Å². The monoisotopic (exact) mass is 399 g/mol. The van der Waals surface area contributed by atoms with Gasteiger partial charge in [-0.1, -0.05) is 17.7 Å². The fourth-order valence-corrected chi connectivity index (χ4v) is 3.98. The number of piperazine rings is 2. The number of nitrogens with zero attached hydrogens (tertiary/aromatic N) is 5. The Bertz CT molecular complexity index is 829. The maximum atomic E-state index is 12.8. The van der Waals surface area contributed by atoms with Crippen molar-refractivity contribution in [3.05, 3.63) is 53.3 Å². The van der Waals surface area contributed by atoms with E-state index in [0.717, 1.165) is 68.8 Å². The van der Waals surface area contributed by atoms with Gasteiger partial charge >= 0.3 is 0 Å². The van der Waals surface area contributed by atoms with Crippen LogP contribution in [-0.2, 0) is 0 Å². The first-order chi connectivity index (χ1) is 13.6. The number of likely N-dealkylation sites (N-methyl/N-ethyl adjacent to an activating group) is 1. The standard InChI is InChI=1S/C21H26ClN5O/c1-24-7-9-27(10-8-24)21(28)20-16-19(5-6-23-20)26-13-11-25(12-14-26)18-4-2-3-17(22)15-18/h2-6,15-16H,7-14H2,1H3. The molecule has 0 radical (unpaired) electrons. The minimum atomic E-state index is 0.0347. The molecule has 0 saturated carbocycles. The second-order valence-corrected chi connectivity index (χ2v) is 7.89. The van der Waals surface area contributed by atoms with Gasteiger partial charge in [0.2, 0.25) is 0 Å². The predicted octanol–water partition coefficient (Wildman–Crippen LogP) is 2.45. The molecule has 2 aliphatic heterocycles. The van der Waals surface area contributed by atoms with Crippen molar-refractivity contribution in [1.82, 2.24) is 14.8 Å². The van der Waals surface area contributed by atoms with E-state index in [4.69, 9.17) is 11.6 Å². The van der Waals surface area contributed by atoms with E-state index in [2.05, 4.69) is 32.8 Å². The second kappa shape index (κ2) is 8.37. The van der Waals surface area contributed by atoms with Crippen LogP contribution in [0.2, 0.25) is 5.02 Å². The highest BCUT2D eigenvalue weighted by Gasteiger charge is 2.23. The Balaban J connectivity index is 1.40. The van der Waals surface area contributed by atoms with Crippen molar-refractivity contribution in [3.63, 3.8) is 0 Å². The molecule has 0 bridgehead atoms. The van der Waals surface area contributed by atoms with Gasteiger partial charge in [0.1, 0.15) is 5.69 Å². The van der Waals surface area contributed by atoms with Crippen molar-refractivity contribution in [2.24, 2.45) is 0 Å². The number of aromatic nitrogens is 1. The van der Waals surface area contributed by atoms with Gasteiger partial charge < -0.3 is 19.6 Å². The molecular formula is C21H26ClN5O. The maximum absolute atomic E-state index is 12.8. The number of carbonyl (C=O) groups excluding carboxylic acids is 1. The number of rotatable bonds is 3. The molecule has 1 aromatic heterocycles. The lowest BCUT2D eigenvalue weighted by Crippen LogP contribution is -2.47. The summed E-state index contributed by atoms with van der Waals surface area (Å²) >= 11 is 6.13. The normalized spacial score (nSPS) is 18.4. The quantitative estimate of drug-likeness (QED) is 0.793. The minimum Gasteiger partial charge on any atom is -0.368 e. The first kappa shape index (κ1) is 19.0. The van der Waals surface area contributed by atoms with E-state index in [1.165, 1.54) is 0 Å². The molecule has 2 fully saturated rings. The Labute approximate surface area is 171 Å². The van der Waals surface area contributed by atoms with E-state index in [0.29, 0.717) is 5.69 Å². The van der Waals surface area contributed by atoms with Gasteiger partial charge in [0.15, 0.2) is 0 Å². The third-order valence-electron chi connectivity index (χ3n) is 5.57. The highest BCUT2D eigenvalue weighted by Crippen LogP contribution is 2.23. The van der Waals surface area contributed by atoms with Gasteiger partial charge in [0.25, 0.3) is 5.91 Å². The summed E-state index contributed by atoms with van der Waals surface area (Å²) in [6.45, 7) is 7.00. The van der Waals surface area contributed by atoms with Gasteiger partial charge in [0, 0.05) is 75.0 Å². The Hall–Kier alpha value is -2.31. The van der Waals surface area contributed by atoms with Crippen LogP contribution in [0.4, 0.5) is 11.4 Å². The highest BCUT2D eigenvalue weighted by molar-refractivity contribution is 6.30. The molecule has 1 amide bonds. The van der Waals surface area contributed by atoms with Gasteiger partial charge in [0.05, 0.1) is 0 Å². The van der Waals surface area contributed by atoms with Crippen LogP contribution in [-0.4, -0.2) is 80.1 Å². The number of benzene rings is 1. The third-order valence-corrected chi connectivity index (χ3v) is 5.81. The van der Waals surface area contributed by atoms with Crippen molar-refractivity contribution in [2.75, 3.05) is 69.2 Å². The van der Waals surface area contributed by atoms with E-state index < -0.39 is 0 Å². The number of hydrogen-bond acceptors (Lipinski definition) is 5. The lowest BCUT2D eigenvalue weighted by Gasteiger charge is -2.37. The molecule has 2 saturated heterocycles. The summed E-state index contributed by atoms with van der Waals surface area (Å²) in [5.41, 5.74) is 2.77. The number of hydrogen-bond donors (Lipinski definition) is 0. The second-order valence-electron chi connectivity index (χ2n) is 7.45. The number of pyridine rings is 1. The predicted molar refractivity (Wildman–Crippen MR) is 114 cm³/mol. The molecule has 0 unspecified atom stereocenters. The third kappa shape index (κ3) is 4.23. The smallest absolute Gasteiger partial charge is 0.272 e. The molecule has 1 aromatic carbocycles. The first-order valence-electron chi connectivity index (χ1n) is 9.79. The van der Waals surface area contributed by atoms with Gasteiger partial charge in [-0.05, 0) is 37.4 Å². The summed E-state index contributed by atoms with van der Waals surface area (Å²) in [5.74, 6) is 0.0347. The number of carbonyl (C=O) groups is 1. The Kier molecular flexibility index (Phi) is 5.69. The molecule has 0 atom stereocenters. The van der Waals surface area contributed by atoms with Gasteiger partial charge in [-0.2, -0.15) is 0 Å². The molecule has 4 rings (SSSR count). The van der Waals surface area contributed by atoms with Crippen LogP contribution in [0, 0.1) is 0 Å². The van der Waals surface area contributed by atoms with Crippen LogP contribution < -0.4 is 9.80 Å². The van der Waals surface area contributed by atoms with Crippen molar-refractivity contribution in [2.45, 2.75) is 0 Å². The molecule has 2 aromatic rings. The highest BCUT2D eigenvalue weighted by atomic mass is 35.5. The van der Waals surface area contributed by atoms with Crippen molar-refractivity contribution >= 4 is 28.9 Å². The zero-order valence-electron chi connectivity index (χ0n) is 16.2. The lowest BCUT2D eigenvalue weighted by molar-refractivity contribution is 0.0658. The van der Waals surface area contributed by atoms with E-state index in [-0.39, 0.29) is 5.91 Å². The molecule has 148 valence electrons. The molecular weight excluding hydrogens is 374 g/mol. The maximum Gasteiger partial charge on any atom is 0.272 e. The average Bonchev–Trinajstić information content (AvgIpc) is 2.74. The summed E-state index contributed by atoms with van der Waals surface area (Å²) in [6.07, 6.45) is 1.75. The molecule has 2 aliphatic rings. The number of amides is 1. The van der Waals surface area contributed by atoms with Crippen LogP contribution in [0.3, 0.4) is 0 Å². The van der Waals surface area contributed by atoms with Crippen molar-refractivity contribution < 1.29 is 4.79 Å². The molecule has 0 N–H and O–H groups in total. The fourth-order valence-electron chi connectivity index (χ4n) is 3.80. The van der Waals surface area contributed by atoms with Crippen LogP contribution in [0.15, 0.2) is 42.6 Å². The fraction of sp³-hybridized carbons (Fsp3) is 0.429. The summed E-state index contributed by atoms with van der Waals surface area (Å²) in [7, 11) is 2.09. The van der Waals surface area contributed by atoms with E-state index >= 15 is 0 Å². The summed E-state index contributed by atoms with van der Waals surface area (Å²) in [6, 6.07) is 11.9. The summed E-state index contributed by atoms with van der Waals surface area (Å²) in [5, 5.41) is 0.765. The zero-order valence-corrected chi connectivity index (χ0v) is 17.0. The molecule has 7 heteroatoms. The molecule has 28 heavy (non-hydrogen) atoms. The van der Waals surface area contributed by atoms with Gasteiger partial charge in [-0.3, -0.25) is 9.78 Å². The van der Waals surface area contributed by atoms with Gasteiger partial charge in [-0.15, -0.1) is 0 Å². The SMILES string of the molecule is CN1CCN(C(=O)c2cc(N3CCN(c4cccc(Cl)c4)CC3)ccn2)CC1.